The van der Waals surface area contributed by atoms with Crippen molar-refractivity contribution in [2.45, 2.75) is 44.8 Å². The van der Waals surface area contributed by atoms with E-state index in [0.717, 1.165) is 19.4 Å². The standard InChI is InChI=1S/C12H19NO2/c1-2-5-12(14)13-8-9-15-11-7-4-3-6-10(11)13/h2,5,10-11H,3-4,6-9H2,1H3/b5-2+. The van der Waals surface area contributed by atoms with Crippen molar-refractivity contribution < 1.29 is 9.53 Å². The van der Waals surface area contributed by atoms with Crippen LogP contribution < -0.4 is 0 Å². The van der Waals surface area contributed by atoms with Crippen molar-refractivity contribution >= 4 is 5.91 Å². The Morgan fingerprint density at radius 3 is 3.00 bits per heavy atom. The zero-order chi connectivity index (χ0) is 10.7. The Kier molecular flexibility index (Phi) is 3.41. The fourth-order valence-electron chi connectivity index (χ4n) is 2.61. The van der Waals surface area contributed by atoms with Crippen molar-refractivity contribution in [3.8, 4) is 0 Å². The van der Waals surface area contributed by atoms with E-state index in [2.05, 4.69) is 0 Å². The third-order valence-electron chi connectivity index (χ3n) is 3.32. The summed E-state index contributed by atoms with van der Waals surface area (Å²) in [5, 5.41) is 0. The molecule has 0 bridgehead atoms. The Bertz CT molecular complexity index is 260. The maximum atomic E-state index is 11.8. The van der Waals surface area contributed by atoms with Crippen molar-refractivity contribution in [3.05, 3.63) is 12.2 Å². The summed E-state index contributed by atoms with van der Waals surface area (Å²) < 4.78 is 5.72. The van der Waals surface area contributed by atoms with Crippen LogP contribution in [0.15, 0.2) is 12.2 Å². The lowest BCUT2D eigenvalue weighted by atomic mass is 9.90. The van der Waals surface area contributed by atoms with Gasteiger partial charge in [0.25, 0.3) is 0 Å². The number of nitrogens with zero attached hydrogens (tertiary/aromatic N) is 1. The summed E-state index contributed by atoms with van der Waals surface area (Å²) in [5.41, 5.74) is 0. The van der Waals surface area contributed by atoms with Gasteiger partial charge in [0, 0.05) is 6.54 Å². The highest BCUT2D eigenvalue weighted by Gasteiger charge is 2.35. The topological polar surface area (TPSA) is 29.5 Å². The third-order valence-corrected chi connectivity index (χ3v) is 3.32. The minimum absolute atomic E-state index is 0.151. The fraction of sp³-hybridized carbons (Fsp3) is 0.750. The first-order chi connectivity index (χ1) is 7.33. The predicted octanol–water partition coefficient (Wildman–Crippen LogP) is 1.73. The van der Waals surface area contributed by atoms with Crippen molar-refractivity contribution in [2.75, 3.05) is 13.2 Å². The number of hydrogen-bond acceptors (Lipinski definition) is 2. The molecule has 84 valence electrons. The van der Waals surface area contributed by atoms with Gasteiger partial charge in [0.2, 0.25) is 5.91 Å². The molecule has 1 aliphatic carbocycles. The van der Waals surface area contributed by atoms with Crippen molar-refractivity contribution in [3.63, 3.8) is 0 Å². The number of allylic oxidation sites excluding steroid dienone is 1. The van der Waals surface area contributed by atoms with Gasteiger partial charge >= 0.3 is 0 Å². The molecule has 0 spiro atoms. The molecule has 0 aromatic carbocycles. The average Bonchev–Trinajstić information content (AvgIpc) is 2.28. The highest BCUT2D eigenvalue weighted by Crippen LogP contribution is 2.28. The SMILES string of the molecule is C/C=C/C(=O)N1CCOC2CCCCC21. The van der Waals surface area contributed by atoms with Crippen LogP contribution in [0.4, 0.5) is 0 Å². The van der Waals surface area contributed by atoms with Gasteiger partial charge < -0.3 is 9.64 Å². The van der Waals surface area contributed by atoms with Gasteiger partial charge in [-0.05, 0) is 25.8 Å². The van der Waals surface area contributed by atoms with Crippen molar-refractivity contribution in [2.24, 2.45) is 0 Å². The monoisotopic (exact) mass is 209 g/mol. The van der Waals surface area contributed by atoms with Crippen LogP contribution >= 0.6 is 0 Å². The van der Waals surface area contributed by atoms with E-state index in [4.69, 9.17) is 4.74 Å². The number of fused-ring (bicyclic) bond motifs is 1. The van der Waals surface area contributed by atoms with Gasteiger partial charge in [-0.15, -0.1) is 0 Å². The van der Waals surface area contributed by atoms with Gasteiger partial charge in [-0.3, -0.25) is 4.79 Å². The van der Waals surface area contributed by atoms with E-state index < -0.39 is 0 Å². The van der Waals surface area contributed by atoms with E-state index in [-0.39, 0.29) is 5.91 Å². The van der Waals surface area contributed by atoms with E-state index in [9.17, 15) is 4.79 Å². The number of amides is 1. The summed E-state index contributed by atoms with van der Waals surface area (Å²) >= 11 is 0. The molecule has 2 aliphatic rings. The lowest BCUT2D eigenvalue weighted by Crippen LogP contribution is -2.54. The van der Waals surface area contributed by atoms with Crippen molar-refractivity contribution in [1.82, 2.24) is 4.90 Å². The van der Waals surface area contributed by atoms with E-state index >= 15 is 0 Å². The Morgan fingerprint density at radius 1 is 1.40 bits per heavy atom. The number of hydrogen-bond donors (Lipinski definition) is 0. The molecule has 2 unspecified atom stereocenters. The molecule has 3 nitrogen and oxygen atoms in total. The zero-order valence-corrected chi connectivity index (χ0v) is 9.32. The molecule has 1 aliphatic heterocycles. The Balaban J connectivity index is 2.06. The van der Waals surface area contributed by atoms with Crippen LogP contribution in [0.25, 0.3) is 0 Å². The first kappa shape index (κ1) is 10.7. The molecule has 0 aromatic rings. The largest absolute Gasteiger partial charge is 0.374 e. The molecule has 0 radical (unpaired) electrons. The maximum Gasteiger partial charge on any atom is 0.246 e. The maximum absolute atomic E-state index is 11.8. The molecule has 2 rings (SSSR count). The van der Waals surface area contributed by atoms with Gasteiger partial charge in [0.15, 0.2) is 0 Å². The smallest absolute Gasteiger partial charge is 0.246 e. The molecular weight excluding hydrogens is 190 g/mol. The average molecular weight is 209 g/mol. The molecule has 1 saturated heterocycles. The second-order valence-electron chi connectivity index (χ2n) is 4.29. The molecule has 2 atom stereocenters. The Labute approximate surface area is 91.1 Å². The first-order valence-corrected chi connectivity index (χ1v) is 5.88. The van der Waals surface area contributed by atoms with E-state index in [1.165, 1.54) is 12.8 Å². The minimum Gasteiger partial charge on any atom is -0.374 e. The normalized spacial score (nSPS) is 31.7. The van der Waals surface area contributed by atoms with Crippen LogP contribution in [-0.4, -0.2) is 36.1 Å². The number of carbonyl (C=O) groups is 1. The highest BCUT2D eigenvalue weighted by atomic mass is 16.5. The van der Waals surface area contributed by atoms with Crippen LogP contribution in [0.5, 0.6) is 0 Å². The predicted molar refractivity (Wildman–Crippen MR) is 58.5 cm³/mol. The van der Waals surface area contributed by atoms with Crippen molar-refractivity contribution in [1.29, 1.82) is 0 Å². The number of morpholine rings is 1. The summed E-state index contributed by atoms with van der Waals surface area (Å²) in [6.07, 6.45) is 8.46. The molecule has 0 aromatic heterocycles. The van der Waals surface area contributed by atoms with Gasteiger partial charge in [-0.25, -0.2) is 0 Å². The lowest BCUT2D eigenvalue weighted by Gasteiger charge is -2.43. The van der Waals surface area contributed by atoms with Crippen LogP contribution in [0, 0.1) is 0 Å². The van der Waals surface area contributed by atoms with Crippen LogP contribution in [0.1, 0.15) is 32.6 Å². The molecular formula is C12H19NO2. The summed E-state index contributed by atoms with van der Waals surface area (Å²) in [6.45, 7) is 3.34. The number of rotatable bonds is 1. The quantitative estimate of drug-likeness (QED) is 0.615. The van der Waals surface area contributed by atoms with Gasteiger partial charge in [0.05, 0.1) is 18.8 Å². The molecule has 1 heterocycles. The fourth-order valence-corrected chi connectivity index (χ4v) is 2.61. The second-order valence-corrected chi connectivity index (χ2v) is 4.29. The van der Waals surface area contributed by atoms with E-state index in [1.807, 2.05) is 17.9 Å². The Morgan fingerprint density at radius 2 is 2.20 bits per heavy atom. The van der Waals surface area contributed by atoms with Crippen LogP contribution in [-0.2, 0) is 9.53 Å². The minimum atomic E-state index is 0.151. The number of carbonyl (C=O) groups excluding carboxylic acids is 1. The molecule has 2 fully saturated rings. The molecule has 1 amide bonds. The summed E-state index contributed by atoms with van der Waals surface area (Å²) in [6, 6.07) is 0.330. The van der Waals surface area contributed by atoms with Crippen LogP contribution in [0.2, 0.25) is 0 Å². The molecule has 15 heavy (non-hydrogen) atoms. The van der Waals surface area contributed by atoms with E-state index in [1.54, 1.807) is 6.08 Å². The van der Waals surface area contributed by atoms with Gasteiger partial charge in [0.1, 0.15) is 0 Å². The van der Waals surface area contributed by atoms with Crippen LogP contribution in [0.3, 0.4) is 0 Å². The highest BCUT2D eigenvalue weighted by molar-refractivity contribution is 5.87. The van der Waals surface area contributed by atoms with Gasteiger partial charge in [-0.1, -0.05) is 18.9 Å². The second kappa shape index (κ2) is 4.79. The summed E-state index contributed by atoms with van der Waals surface area (Å²) in [4.78, 5) is 13.8. The lowest BCUT2D eigenvalue weighted by molar-refractivity contribution is -0.144. The third kappa shape index (κ3) is 2.23. The summed E-state index contributed by atoms with van der Waals surface area (Å²) in [5.74, 6) is 0.151. The first-order valence-electron chi connectivity index (χ1n) is 5.88. The Hall–Kier alpha value is -0.830. The molecule has 3 heteroatoms. The van der Waals surface area contributed by atoms with E-state index in [0.29, 0.717) is 18.8 Å². The molecule has 0 N–H and O–H groups in total. The number of ether oxygens (including phenoxy) is 1. The van der Waals surface area contributed by atoms with Gasteiger partial charge in [-0.2, -0.15) is 0 Å². The zero-order valence-electron chi connectivity index (χ0n) is 9.32. The molecule has 1 saturated carbocycles. The summed E-state index contributed by atoms with van der Waals surface area (Å²) in [7, 11) is 0.